The van der Waals surface area contributed by atoms with Gasteiger partial charge in [-0.25, -0.2) is 4.79 Å². The van der Waals surface area contributed by atoms with Crippen LogP contribution in [0.15, 0.2) is 30.3 Å². The SMILES string of the molecule is CC1CCC2C(C1)C(=O)OC(=O)N2CCOc1ccccc1. The Morgan fingerprint density at radius 1 is 1.23 bits per heavy atom. The van der Waals surface area contributed by atoms with E-state index in [1.54, 1.807) is 4.90 Å². The first-order valence-corrected chi connectivity index (χ1v) is 7.85. The molecule has 0 aromatic heterocycles. The Morgan fingerprint density at radius 3 is 2.77 bits per heavy atom. The first kappa shape index (κ1) is 14.9. The zero-order chi connectivity index (χ0) is 15.5. The van der Waals surface area contributed by atoms with E-state index in [-0.39, 0.29) is 17.9 Å². The first-order valence-electron chi connectivity index (χ1n) is 7.85. The molecule has 3 unspecified atom stereocenters. The molecule has 3 atom stereocenters. The maximum atomic E-state index is 12.0. The summed E-state index contributed by atoms with van der Waals surface area (Å²) in [6.45, 7) is 2.98. The van der Waals surface area contributed by atoms with E-state index < -0.39 is 6.09 Å². The van der Waals surface area contributed by atoms with Crippen LogP contribution in [0.2, 0.25) is 0 Å². The summed E-state index contributed by atoms with van der Waals surface area (Å²) < 4.78 is 10.6. The van der Waals surface area contributed by atoms with Gasteiger partial charge in [0.15, 0.2) is 0 Å². The molecule has 5 nitrogen and oxygen atoms in total. The molecule has 5 heteroatoms. The van der Waals surface area contributed by atoms with E-state index in [1.165, 1.54) is 0 Å². The van der Waals surface area contributed by atoms with E-state index in [4.69, 9.17) is 9.47 Å². The number of ether oxygens (including phenoxy) is 2. The molecule has 1 heterocycles. The number of hydrogen-bond donors (Lipinski definition) is 0. The highest BCUT2D eigenvalue weighted by atomic mass is 16.6. The van der Waals surface area contributed by atoms with Gasteiger partial charge in [0.05, 0.1) is 12.5 Å². The van der Waals surface area contributed by atoms with Gasteiger partial charge in [-0.15, -0.1) is 0 Å². The lowest BCUT2D eigenvalue weighted by atomic mass is 9.77. The number of fused-ring (bicyclic) bond motifs is 1. The van der Waals surface area contributed by atoms with E-state index in [1.807, 2.05) is 30.3 Å². The summed E-state index contributed by atoms with van der Waals surface area (Å²) in [5.74, 6) is 0.738. The number of rotatable bonds is 4. The van der Waals surface area contributed by atoms with Gasteiger partial charge in [0.2, 0.25) is 0 Å². The third kappa shape index (κ3) is 3.08. The second-order valence-electron chi connectivity index (χ2n) is 6.13. The van der Waals surface area contributed by atoms with Crippen molar-refractivity contribution < 1.29 is 19.1 Å². The second kappa shape index (κ2) is 6.38. The number of nitrogens with zero attached hydrogens (tertiary/aromatic N) is 1. The number of carbonyl (C=O) groups is 2. The molecule has 1 saturated carbocycles. The highest BCUT2D eigenvalue weighted by Gasteiger charge is 2.45. The highest BCUT2D eigenvalue weighted by Crippen LogP contribution is 2.36. The molecule has 1 aliphatic carbocycles. The molecular formula is C17H21NO4. The standard InChI is InChI=1S/C17H21NO4/c1-12-7-8-15-14(11-12)16(19)22-17(20)18(15)9-10-21-13-5-3-2-4-6-13/h2-6,12,14-15H,7-11H2,1H3. The first-order chi connectivity index (χ1) is 10.6. The zero-order valence-corrected chi connectivity index (χ0v) is 12.7. The Balaban J connectivity index is 1.61. The van der Waals surface area contributed by atoms with E-state index in [0.717, 1.165) is 25.0 Å². The van der Waals surface area contributed by atoms with Gasteiger partial charge in [-0.3, -0.25) is 4.79 Å². The number of benzene rings is 1. The smallest absolute Gasteiger partial charge is 0.417 e. The van der Waals surface area contributed by atoms with Crippen LogP contribution in [0.4, 0.5) is 4.79 Å². The second-order valence-corrected chi connectivity index (χ2v) is 6.13. The summed E-state index contributed by atoms with van der Waals surface area (Å²) in [6, 6.07) is 9.45. The summed E-state index contributed by atoms with van der Waals surface area (Å²) in [6.07, 6.45) is 2.17. The molecule has 1 aromatic rings. The molecule has 0 spiro atoms. The predicted octanol–water partition coefficient (Wildman–Crippen LogP) is 2.85. The highest BCUT2D eigenvalue weighted by molar-refractivity contribution is 5.89. The van der Waals surface area contributed by atoms with Gasteiger partial charge in [-0.05, 0) is 37.3 Å². The van der Waals surface area contributed by atoms with Crippen molar-refractivity contribution in [1.29, 1.82) is 0 Å². The Bertz CT molecular complexity index is 545. The number of hydrogen-bond acceptors (Lipinski definition) is 4. The van der Waals surface area contributed by atoms with Crippen molar-refractivity contribution in [3.05, 3.63) is 30.3 Å². The van der Waals surface area contributed by atoms with Gasteiger partial charge in [-0.2, -0.15) is 0 Å². The fourth-order valence-corrected chi connectivity index (χ4v) is 3.38. The molecule has 0 N–H and O–H groups in total. The van der Waals surface area contributed by atoms with E-state index >= 15 is 0 Å². The molecule has 2 aliphatic rings. The average Bonchev–Trinajstić information content (AvgIpc) is 2.52. The van der Waals surface area contributed by atoms with Crippen LogP contribution >= 0.6 is 0 Å². The molecule has 2 fully saturated rings. The van der Waals surface area contributed by atoms with Gasteiger partial charge >= 0.3 is 12.1 Å². The largest absolute Gasteiger partial charge is 0.492 e. The fourth-order valence-electron chi connectivity index (χ4n) is 3.38. The van der Waals surface area contributed by atoms with Crippen LogP contribution in [0.3, 0.4) is 0 Å². The average molecular weight is 303 g/mol. The van der Waals surface area contributed by atoms with E-state index in [9.17, 15) is 9.59 Å². The molecule has 22 heavy (non-hydrogen) atoms. The number of carbonyl (C=O) groups excluding carboxylic acids is 2. The lowest BCUT2D eigenvalue weighted by molar-refractivity contribution is -0.153. The van der Waals surface area contributed by atoms with Gasteiger partial charge < -0.3 is 14.4 Å². The van der Waals surface area contributed by atoms with Crippen LogP contribution in [0.25, 0.3) is 0 Å². The summed E-state index contributed by atoms with van der Waals surface area (Å²) in [5.41, 5.74) is 0. The van der Waals surface area contributed by atoms with Crippen molar-refractivity contribution in [2.75, 3.05) is 13.2 Å². The van der Waals surface area contributed by atoms with Crippen molar-refractivity contribution in [3.63, 3.8) is 0 Å². The van der Waals surface area contributed by atoms with Crippen LogP contribution in [-0.4, -0.2) is 36.2 Å². The van der Waals surface area contributed by atoms with Crippen LogP contribution in [0.5, 0.6) is 5.75 Å². The topological polar surface area (TPSA) is 55.8 Å². The lowest BCUT2D eigenvalue weighted by Gasteiger charge is -2.43. The molecule has 1 amide bonds. The maximum absolute atomic E-state index is 12.0. The van der Waals surface area contributed by atoms with Crippen molar-refractivity contribution in [2.45, 2.75) is 32.2 Å². The van der Waals surface area contributed by atoms with E-state index in [2.05, 4.69) is 6.92 Å². The van der Waals surface area contributed by atoms with Crippen molar-refractivity contribution >= 4 is 12.1 Å². The summed E-state index contributed by atoms with van der Waals surface area (Å²) in [5, 5.41) is 0. The molecule has 118 valence electrons. The molecule has 1 aromatic carbocycles. The quantitative estimate of drug-likeness (QED) is 0.634. The third-order valence-electron chi connectivity index (χ3n) is 4.55. The minimum absolute atomic E-state index is 0.0377. The van der Waals surface area contributed by atoms with Gasteiger partial charge in [0.1, 0.15) is 12.4 Å². The van der Waals surface area contributed by atoms with Crippen molar-refractivity contribution in [2.24, 2.45) is 11.8 Å². The molecule has 0 bridgehead atoms. The monoisotopic (exact) mass is 303 g/mol. The van der Waals surface area contributed by atoms with Crippen LogP contribution in [0.1, 0.15) is 26.2 Å². The third-order valence-corrected chi connectivity index (χ3v) is 4.55. The molecule has 3 rings (SSSR count). The summed E-state index contributed by atoms with van der Waals surface area (Å²) in [7, 11) is 0. The van der Waals surface area contributed by atoms with Gasteiger partial charge in [0.25, 0.3) is 0 Å². The zero-order valence-electron chi connectivity index (χ0n) is 12.7. The molecule has 0 radical (unpaired) electrons. The maximum Gasteiger partial charge on any atom is 0.417 e. The van der Waals surface area contributed by atoms with E-state index in [0.29, 0.717) is 19.1 Å². The lowest BCUT2D eigenvalue weighted by Crippen LogP contribution is -2.56. The number of esters is 1. The van der Waals surface area contributed by atoms with Crippen molar-refractivity contribution in [3.8, 4) is 5.75 Å². The number of para-hydroxylation sites is 1. The molecule has 1 aliphatic heterocycles. The molecular weight excluding hydrogens is 282 g/mol. The number of amides is 1. The van der Waals surface area contributed by atoms with Gasteiger partial charge in [-0.1, -0.05) is 25.1 Å². The Hall–Kier alpha value is -2.04. The Morgan fingerprint density at radius 2 is 2.00 bits per heavy atom. The Kier molecular flexibility index (Phi) is 4.32. The Labute approximate surface area is 130 Å². The molecule has 1 saturated heterocycles. The van der Waals surface area contributed by atoms with Gasteiger partial charge in [0, 0.05) is 6.04 Å². The fraction of sp³-hybridized carbons (Fsp3) is 0.529. The minimum atomic E-state index is -0.530. The normalized spacial score (nSPS) is 28.0. The van der Waals surface area contributed by atoms with Crippen LogP contribution < -0.4 is 4.74 Å². The van der Waals surface area contributed by atoms with Crippen molar-refractivity contribution in [1.82, 2.24) is 4.90 Å². The minimum Gasteiger partial charge on any atom is -0.492 e. The van der Waals surface area contributed by atoms with Crippen LogP contribution in [-0.2, 0) is 9.53 Å². The summed E-state index contributed by atoms with van der Waals surface area (Å²) >= 11 is 0. The van der Waals surface area contributed by atoms with Crippen LogP contribution in [0, 0.1) is 11.8 Å². The summed E-state index contributed by atoms with van der Waals surface area (Å²) in [4.78, 5) is 25.6. The number of cyclic esters (lactones) is 2. The predicted molar refractivity (Wildman–Crippen MR) is 80.4 cm³/mol.